The first-order valence-corrected chi connectivity index (χ1v) is 11.3. The molecule has 170 valence electrons. The van der Waals surface area contributed by atoms with Gasteiger partial charge in [-0.3, -0.25) is 4.79 Å². The van der Waals surface area contributed by atoms with Crippen LogP contribution in [0.4, 0.5) is 0 Å². The Balaban J connectivity index is 1.46. The second-order valence-corrected chi connectivity index (χ2v) is 8.84. The average molecular weight is 436 g/mol. The maximum Gasteiger partial charge on any atom is 0.451 e. The molecule has 6 nitrogen and oxygen atoms in total. The molecule has 1 aliphatic carbocycles. The van der Waals surface area contributed by atoms with Crippen molar-refractivity contribution in [2.45, 2.75) is 56.5 Å². The van der Waals surface area contributed by atoms with Crippen LogP contribution in [0.5, 0.6) is 0 Å². The lowest BCUT2D eigenvalue weighted by atomic mass is 9.66. The van der Waals surface area contributed by atoms with Crippen molar-refractivity contribution < 1.29 is 19.9 Å². The molecule has 1 saturated carbocycles. The minimum Gasteiger partial charge on any atom is -0.480 e. The van der Waals surface area contributed by atoms with Crippen molar-refractivity contribution in [3.8, 4) is 11.1 Å². The molecule has 0 aliphatic heterocycles. The van der Waals surface area contributed by atoms with Gasteiger partial charge in [0.2, 0.25) is 0 Å². The minimum absolute atomic E-state index is 0.0718. The highest BCUT2D eigenvalue weighted by Crippen LogP contribution is 2.38. The Morgan fingerprint density at radius 1 is 1.09 bits per heavy atom. The molecule has 0 spiro atoms. The molecule has 0 heterocycles. The summed E-state index contributed by atoms with van der Waals surface area (Å²) >= 11 is 0. The number of nitrogens with two attached hydrogens (primary N) is 1. The van der Waals surface area contributed by atoms with Crippen LogP contribution in [0, 0.1) is 5.92 Å². The van der Waals surface area contributed by atoms with Crippen LogP contribution >= 0.6 is 0 Å². The van der Waals surface area contributed by atoms with Crippen LogP contribution in [0.25, 0.3) is 17.2 Å². The lowest BCUT2D eigenvalue weighted by molar-refractivity contribution is -0.148. The van der Waals surface area contributed by atoms with Crippen molar-refractivity contribution in [1.82, 2.24) is 5.32 Å². The molecule has 6 N–H and O–H groups in total. The van der Waals surface area contributed by atoms with E-state index in [1.807, 2.05) is 6.08 Å². The molecule has 1 fully saturated rings. The number of unbranched alkanes of at least 4 members (excludes halogenated alkanes) is 1. The zero-order valence-corrected chi connectivity index (χ0v) is 18.4. The van der Waals surface area contributed by atoms with Crippen LogP contribution in [0.15, 0.2) is 55.1 Å². The Bertz CT molecular complexity index is 895. The van der Waals surface area contributed by atoms with Crippen LogP contribution in [-0.2, 0) is 11.3 Å². The van der Waals surface area contributed by atoms with Gasteiger partial charge in [-0.1, -0.05) is 74.0 Å². The number of aliphatic carboxylic acids is 1. The van der Waals surface area contributed by atoms with Gasteiger partial charge >= 0.3 is 13.1 Å². The third-order valence-corrected chi connectivity index (χ3v) is 6.60. The molecule has 0 aromatic heterocycles. The highest BCUT2D eigenvalue weighted by atomic mass is 16.4. The molecule has 0 radical (unpaired) electrons. The lowest BCUT2D eigenvalue weighted by Gasteiger charge is -2.45. The second-order valence-electron chi connectivity index (χ2n) is 8.84. The number of benzene rings is 2. The first-order chi connectivity index (χ1) is 15.3. The summed E-state index contributed by atoms with van der Waals surface area (Å²) in [6, 6.07) is 17.0. The van der Waals surface area contributed by atoms with E-state index in [4.69, 9.17) is 15.8 Å². The summed E-state index contributed by atoms with van der Waals surface area (Å²) in [7, 11) is -1.35. The summed E-state index contributed by atoms with van der Waals surface area (Å²) in [5.41, 5.74) is 9.62. The van der Waals surface area contributed by atoms with E-state index in [1.165, 1.54) is 11.1 Å². The van der Waals surface area contributed by atoms with E-state index < -0.39 is 18.6 Å². The van der Waals surface area contributed by atoms with Crippen molar-refractivity contribution in [2.75, 3.05) is 0 Å². The molecule has 3 rings (SSSR count). The predicted molar refractivity (Wildman–Crippen MR) is 129 cm³/mol. The first kappa shape index (κ1) is 24.2. The van der Waals surface area contributed by atoms with Gasteiger partial charge in [-0.2, -0.15) is 0 Å². The van der Waals surface area contributed by atoms with Gasteiger partial charge in [-0.25, -0.2) is 0 Å². The summed E-state index contributed by atoms with van der Waals surface area (Å²) in [4.78, 5) is 11.8. The number of hydrogen-bond donors (Lipinski definition) is 5. The van der Waals surface area contributed by atoms with Crippen molar-refractivity contribution in [3.05, 3.63) is 66.2 Å². The molecule has 1 aliphatic rings. The Morgan fingerprint density at radius 2 is 1.69 bits per heavy atom. The van der Waals surface area contributed by atoms with Crippen LogP contribution in [0.1, 0.15) is 43.2 Å². The van der Waals surface area contributed by atoms with Gasteiger partial charge in [0.1, 0.15) is 5.54 Å². The lowest BCUT2D eigenvalue weighted by Crippen LogP contribution is -2.61. The third kappa shape index (κ3) is 6.08. The Hall–Kier alpha value is -2.45. The van der Waals surface area contributed by atoms with Gasteiger partial charge in [0.25, 0.3) is 0 Å². The predicted octanol–water partition coefficient (Wildman–Crippen LogP) is 3.29. The van der Waals surface area contributed by atoms with Crippen molar-refractivity contribution >= 4 is 19.2 Å². The van der Waals surface area contributed by atoms with Crippen LogP contribution in [0.2, 0.25) is 6.32 Å². The Kier molecular flexibility index (Phi) is 8.26. The van der Waals surface area contributed by atoms with E-state index >= 15 is 0 Å². The smallest absolute Gasteiger partial charge is 0.451 e. The van der Waals surface area contributed by atoms with E-state index in [0.717, 1.165) is 30.5 Å². The Labute approximate surface area is 190 Å². The molecule has 0 saturated heterocycles. The number of carboxylic acid groups (broad SMARTS) is 1. The SMILES string of the molecule is C=Cc1ccc(-c2ccc(CNC3CC(C(N)(CCCCB(O)O)C(=O)O)C3)cc2)cc1. The van der Waals surface area contributed by atoms with Crippen molar-refractivity contribution in [2.24, 2.45) is 11.7 Å². The van der Waals surface area contributed by atoms with Crippen molar-refractivity contribution in [1.29, 1.82) is 0 Å². The summed E-state index contributed by atoms with van der Waals surface area (Å²) in [6.45, 7) is 4.51. The van der Waals surface area contributed by atoms with E-state index in [2.05, 4.69) is 60.4 Å². The van der Waals surface area contributed by atoms with Gasteiger partial charge in [-0.15, -0.1) is 0 Å². The molecule has 32 heavy (non-hydrogen) atoms. The summed E-state index contributed by atoms with van der Waals surface area (Å²) in [5, 5.41) is 31.0. The van der Waals surface area contributed by atoms with Crippen LogP contribution < -0.4 is 11.1 Å². The standard InChI is InChI=1S/C25H33BN2O4/c1-2-18-5-9-20(10-6-18)21-11-7-19(8-12-21)17-28-23-15-22(16-23)25(27,24(29)30)13-3-4-14-26(31)32/h2,5-12,22-23,28,31-32H,1,3-4,13-17,27H2,(H,29,30). The maximum absolute atomic E-state index is 11.8. The van der Waals surface area contributed by atoms with Gasteiger partial charge < -0.3 is 26.2 Å². The van der Waals surface area contributed by atoms with Gasteiger partial charge in [0.05, 0.1) is 0 Å². The molecule has 2 aromatic carbocycles. The summed E-state index contributed by atoms with van der Waals surface area (Å²) in [6.07, 6.45) is 5.01. The van der Waals surface area contributed by atoms with E-state index in [0.29, 0.717) is 19.3 Å². The topological polar surface area (TPSA) is 116 Å². The van der Waals surface area contributed by atoms with Gasteiger partial charge in [-0.05, 0) is 53.8 Å². The van der Waals surface area contributed by atoms with E-state index in [-0.39, 0.29) is 18.3 Å². The van der Waals surface area contributed by atoms with E-state index in [1.54, 1.807) is 0 Å². The van der Waals surface area contributed by atoms with Gasteiger partial charge in [0, 0.05) is 12.6 Å². The van der Waals surface area contributed by atoms with E-state index in [9.17, 15) is 9.90 Å². The first-order valence-electron chi connectivity index (χ1n) is 11.3. The fourth-order valence-corrected chi connectivity index (χ4v) is 4.32. The molecular weight excluding hydrogens is 403 g/mol. The summed E-state index contributed by atoms with van der Waals surface area (Å²) in [5.74, 6) is -1.04. The van der Waals surface area contributed by atoms with Crippen LogP contribution in [-0.4, -0.2) is 39.8 Å². The fourth-order valence-electron chi connectivity index (χ4n) is 4.32. The molecule has 0 amide bonds. The van der Waals surface area contributed by atoms with Crippen molar-refractivity contribution in [3.63, 3.8) is 0 Å². The quantitative estimate of drug-likeness (QED) is 0.258. The number of nitrogens with one attached hydrogen (secondary N) is 1. The third-order valence-electron chi connectivity index (χ3n) is 6.60. The second kappa shape index (κ2) is 10.9. The highest BCUT2D eigenvalue weighted by molar-refractivity contribution is 6.40. The molecule has 7 heteroatoms. The minimum atomic E-state index is -1.35. The maximum atomic E-state index is 11.8. The monoisotopic (exact) mass is 436 g/mol. The number of rotatable bonds is 12. The number of hydrogen-bond acceptors (Lipinski definition) is 5. The molecule has 1 atom stereocenters. The molecular formula is C25H33BN2O4. The molecule has 1 unspecified atom stereocenters. The average Bonchev–Trinajstić information content (AvgIpc) is 2.76. The summed E-state index contributed by atoms with van der Waals surface area (Å²) < 4.78 is 0. The zero-order valence-electron chi connectivity index (χ0n) is 18.4. The van der Waals surface area contributed by atoms with Gasteiger partial charge in [0.15, 0.2) is 0 Å². The largest absolute Gasteiger partial charge is 0.480 e. The van der Waals surface area contributed by atoms with Crippen LogP contribution in [0.3, 0.4) is 0 Å². The molecule has 2 aromatic rings. The number of carbonyl (C=O) groups is 1. The normalized spacial score (nSPS) is 19.6. The molecule has 0 bridgehead atoms. The highest BCUT2D eigenvalue weighted by Gasteiger charge is 2.47. The number of carboxylic acids is 1. The fraction of sp³-hybridized carbons (Fsp3) is 0.400. The Morgan fingerprint density at radius 3 is 2.22 bits per heavy atom. The zero-order chi connectivity index (χ0) is 23.1.